The zero-order chi connectivity index (χ0) is 15.1. The number of benzene rings is 1. The van der Waals surface area contributed by atoms with Crippen molar-refractivity contribution in [1.29, 1.82) is 10.5 Å². The fourth-order valence-corrected chi connectivity index (χ4v) is 2.56. The normalized spacial score (nSPS) is 10.5. The van der Waals surface area contributed by atoms with Crippen molar-refractivity contribution >= 4 is 27.8 Å². The van der Waals surface area contributed by atoms with Crippen molar-refractivity contribution in [3.05, 3.63) is 29.3 Å². The monoisotopic (exact) mass is 277 g/mol. The number of aryl methyl sites for hydroxylation is 1. The number of nitriles is 2. The van der Waals surface area contributed by atoms with E-state index in [9.17, 15) is 10.5 Å². The molecule has 102 valence electrons. The summed E-state index contributed by atoms with van der Waals surface area (Å²) < 4.78 is 7.08. The number of anilines is 1. The van der Waals surface area contributed by atoms with Crippen molar-refractivity contribution in [3.8, 4) is 17.9 Å². The number of nitrogens with two attached hydrogens (primary N) is 1. The minimum atomic E-state index is 0.0689. The van der Waals surface area contributed by atoms with Gasteiger partial charge in [-0.15, -0.1) is 0 Å². The molecule has 0 bridgehead atoms. The van der Waals surface area contributed by atoms with E-state index in [4.69, 9.17) is 10.5 Å². The standard InChI is InChI=1S/C15H11N5O/c1-20-12-4-3-8(21-2)5-9(12)13-10(6-16)11(7-17)14(18)19-15(13)20/h3-5H,1-2H3,(H2,18,19). The van der Waals surface area contributed by atoms with Crippen molar-refractivity contribution in [2.75, 3.05) is 12.8 Å². The lowest BCUT2D eigenvalue weighted by Crippen LogP contribution is -2.00. The van der Waals surface area contributed by atoms with Gasteiger partial charge in [-0.05, 0) is 18.2 Å². The topological polar surface area (TPSA) is 101 Å². The van der Waals surface area contributed by atoms with Crippen LogP contribution in [0.4, 0.5) is 5.82 Å². The Hall–Kier alpha value is -3.25. The fourth-order valence-electron chi connectivity index (χ4n) is 2.56. The van der Waals surface area contributed by atoms with Crippen LogP contribution in [0.15, 0.2) is 18.2 Å². The smallest absolute Gasteiger partial charge is 0.145 e. The van der Waals surface area contributed by atoms with Gasteiger partial charge in [0.2, 0.25) is 0 Å². The molecule has 2 aromatic heterocycles. The lowest BCUT2D eigenvalue weighted by atomic mass is 10.0. The summed E-state index contributed by atoms with van der Waals surface area (Å²) in [5, 5.41) is 20.1. The van der Waals surface area contributed by atoms with Gasteiger partial charge in [-0.25, -0.2) is 4.98 Å². The Balaban J connectivity index is 2.64. The van der Waals surface area contributed by atoms with Crippen LogP contribution in [0.5, 0.6) is 5.75 Å². The number of nitrogens with zero attached hydrogens (tertiary/aromatic N) is 4. The molecule has 0 saturated heterocycles. The Kier molecular flexibility index (Phi) is 2.67. The Bertz CT molecular complexity index is 972. The second-order valence-electron chi connectivity index (χ2n) is 4.61. The molecule has 0 spiro atoms. The molecule has 1 aromatic carbocycles. The van der Waals surface area contributed by atoms with E-state index in [1.165, 1.54) is 0 Å². The number of methoxy groups -OCH3 is 1. The van der Waals surface area contributed by atoms with Crippen LogP contribution in [0.25, 0.3) is 21.9 Å². The molecular formula is C15H11N5O. The first-order valence-electron chi connectivity index (χ1n) is 6.18. The molecule has 0 atom stereocenters. The number of pyridine rings is 1. The second kappa shape index (κ2) is 4.39. The molecule has 0 unspecified atom stereocenters. The average molecular weight is 277 g/mol. The summed E-state index contributed by atoms with van der Waals surface area (Å²) in [4.78, 5) is 4.27. The maximum atomic E-state index is 9.44. The highest BCUT2D eigenvalue weighted by molar-refractivity contribution is 6.11. The van der Waals surface area contributed by atoms with Crippen LogP contribution in [0.3, 0.4) is 0 Å². The van der Waals surface area contributed by atoms with Gasteiger partial charge in [0.1, 0.15) is 34.9 Å². The molecule has 6 nitrogen and oxygen atoms in total. The van der Waals surface area contributed by atoms with Gasteiger partial charge in [-0.3, -0.25) is 0 Å². The molecule has 3 rings (SSSR count). The number of aromatic nitrogens is 2. The lowest BCUT2D eigenvalue weighted by molar-refractivity contribution is 0.415. The Morgan fingerprint density at radius 2 is 1.95 bits per heavy atom. The quantitative estimate of drug-likeness (QED) is 0.733. The van der Waals surface area contributed by atoms with Crippen LogP contribution in [0.1, 0.15) is 11.1 Å². The van der Waals surface area contributed by atoms with Crippen molar-refractivity contribution in [3.63, 3.8) is 0 Å². The summed E-state index contributed by atoms with van der Waals surface area (Å²) in [7, 11) is 3.42. The molecular weight excluding hydrogens is 266 g/mol. The van der Waals surface area contributed by atoms with Crippen LogP contribution < -0.4 is 10.5 Å². The van der Waals surface area contributed by atoms with Crippen molar-refractivity contribution in [1.82, 2.24) is 9.55 Å². The fraction of sp³-hybridized carbons (Fsp3) is 0.133. The number of hydrogen-bond acceptors (Lipinski definition) is 5. The second-order valence-corrected chi connectivity index (χ2v) is 4.61. The number of hydrogen-bond donors (Lipinski definition) is 1. The summed E-state index contributed by atoms with van der Waals surface area (Å²) in [6.45, 7) is 0. The van der Waals surface area contributed by atoms with E-state index in [-0.39, 0.29) is 16.9 Å². The van der Waals surface area contributed by atoms with Gasteiger partial charge in [-0.2, -0.15) is 10.5 Å². The van der Waals surface area contributed by atoms with E-state index in [1.54, 1.807) is 7.11 Å². The largest absolute Gasteiger partial charge is 0.497 e. The van der Waals surface area contributed by atoms with Gasteiger partial charge >= 0.3 is 0 Å². The van der Waals surface area contributed by atoms with E-state index in [2.05, 4.69) is 11.1 Å². The molecule has 2 N–H and O–H groups in total. The molecule has 3 aromatic rings. The molecule has 6 heteroatoms. The number of ether oxygens (including phenoxy) is 1. The van der Waals surface area contributed by atoms with Crippen LogP contribution in [-0.2, 0) is 7.05 Å². The molecule has 0 aliphatic rings. The van der Waals surface area contributed by atoms with Crippen LogP contribution in [0.2, 0.25) is 0 Å². The van der Waals surface area contributed by atoms with E-state index in [0.29, 0.717) is 16.8 Å². The molecule has 21 heavy (non-hydrogen) atoms. The van der Waals surface area contributed by atoms with Gasteiger partial charge in [0.05, 0.1) is 18.2 Å². The predicted molar refractivity (Wildman–Crippen MR) is 78.6 cm³/mol. The molecule has 0 aliphatic heterocycles. The van der Waals surface area contributed by atoms with Crippen molar-refractivity contribution in [2.45, 2.75) is 0 Å². The Labute approximate surface area is 120 Å². The Morgan fingerprint density at radius 3 is 2.57 bits per heavy atom. The highest BCUT2D eigenvalue weighted by Gasteiger charge is 2.19. The summed E-state index contributed by atoms with van der Waals surface area (Å²) in [6, 6.07) is 9.59. The molecule has 0 amide bonds. The number of rotatable bonds is 1. The van der Waals surface area contributed by atoms with Gasteiger partial charge in [0, 0.05) is 17.8 Å². The first-order valence-corrected chi connectivity index (χ1v) is 6.18. The minimum Gasteiger partial charge on any atom is -0.497 e. The predicted octanol–water partition coefficient (Wildman–Crippen LogP) is 2.06. The van der Waals surface area contributed by atoms with Crippen molar-refractivity contribution < 1.29 is 4.74 Å². The zero-order valence-electron chi connectivity index (χ0n) is 11.5. The lowest BCUT2D eigenvalue weighted by Gasteiger charge is -2.02. The highest BCUT2D eigenvalue weighted by Crippen LogP contribution is 2.34. The average Bonchev–Trinajstić information content (AvgIpc) is 2.78. The Morgan fingerprint density at radius 1 is 1.24 bits per heavy atom. The maximum absolute atomic E-state index is 9.44. The van der Waals surface area contributed by atoms with E-state index < -0.39 is 0 Å². The SMILES string of the molecule is COc1ccc2c(c1)c1c(C#N)c(C#N)c(N)nc1n2C. The third-order valence-electron chi connectivity index (χ3n) is 3.58. The van der Waals surface area contributed by atoms with Gasteiger partial charge in [0.15, 0.2) is 0 Å². The van der Waals surface area contributed by atoms with Crippen LogP contribution >= 0.6 is 0 Å². The van der Waals surface area contributed by atoms with Gasteiger partial charge < -0.3 is 15.0 Å². The first-order chi connectivity index (χ1) is 10.1. The van der Waals surface area contributed by atoms with E-state index in [1.807, 2.05) is 35.9 Å². The molecule has 0 fully saturated rings. The third-order valence-corrected chi connectivity index (χ3v) is 3.58. The van der Waals surface area contributed by atoms with Crippen LogP contribution in [0, 0.1) is 22.7 Å². The van der Waals surface area contributed by atoms with Gasteiger partial charge in [-0.1, -0.05) is 0 Å². The summed E-state index contributed by atoms with van der Waals surface area (Å²) >= 11 is 0. The minimum absolute atomic E-state index is 0.0689. The van der Waals surface area contributed by atoms with E-state index in [0.717, 1.165) is 10.9 Å². The molecule has 0 saturated carbocycles. The number of fused-ring (bicyclic) bond motifs is 3. The number of nitrogen functional groups attached to an aromatic ring is 1. The highest BCUT2D eigenvalue weighted by atomic mass is 16.5. The summed E-state index contributed by atoms with van der Waals surface area (Å²) in [6.07, 6.45) is 0. The maximum Gasteiger partial charge on any atom is 0.145 e. The van der Waals surface area contributed by atoms with Crippen LogP contribution in [-0.4, -0.2) is 16.7 Å². The van der Waals surface area contributed by atoms with E-state index >= 15 is 0 Å². The first kappa shape index (κ1) is 12.8. The molecule has 2 heterocycles. The van der Waals surface area contributed by atoms with Crippen molar-refractivity contribution in [2.24, 2.45) is 7.05 Å². The molecule has 0 aliphatic carbocycles. The summed E-state index contributed by atoms with van der Waals surface area (Å²) in [5.74, 6) is 0.744. The zero-order valence-corrected chi connectivity index (χ0v) is 11.5. The van der Waals surface area contributed by atoms with Gasteiger partial charge in [0.25, 0.3) is 0 Å². The summed E-state index contributed by atoms with van der Waals surface area (Å²) in [5.41, 5.74) is 7.63. The third kappa shape index (κ3) is 1.60. The molecule has 0 radical (unpaired) electrons.